The molecule has 0 spiro atoms. The van der Waals surface area contributed by atoms with Gasteiger partial charge in [0.1, 0.15) is 11.9 Å². The van der Waals surface area contributed by atoms with Crippen molar-refractivity contribution >= 4 is 40.3 Å². The maximum absolute atomic E-state index is 13.0. The van der Waals surface area contributed by atoms with E-state index in [4.69, 9.17) is 5.26 Å². The van der Waals surface area contributed by atoms with Gasteiger partial charge in [0.05, 0.1) is 23.9 Å². The van der Waals surface area contributed by atoms with Crippen LogP contribution in [0, 0.1) is 11.3 Å². The van der Waals surface area contributed by atoms with Gasteiger partial charge in [0, 0.05) is 11.6 Å². The molecule has 1 aromatic carbocycles. The molecule has 28 heavy (non-hydrogen) atoms. The van der Waals surface area contributed by atoms with Crippen LogP contribution in [0.4, 0.5) is 5.69 Å². The summed E-state index contributed by atoms with van der Waals surface area (Å²) in [6.45, 7) is 0. The third kappa shape index (κ3) is 3.67. The fourth-order valence-electron chi connectivity index (χ4n) is 3.84. The molecule has 0 radical (unpaired) electrons. The molecule has 0 saturated heterocycles. The lowest BCUT2D eigenvalue weighted by Gasteiger charge is -2.25. The number of thioether (sulfide) groups is 1. The van der Waals surface area contributed by atoms with Crippen molar-refractivity contribution in [2.24, 2.45) is 9.98 Å². The van der Waals surface area contributed by atoms with E-state index in [0.29, 0.717) is 11.0 Å². The highest BCUT2D eigenvalue weighted by molar-refractivity contribution is 8.14. The van der Waals surface area contributed by atoms with Gasteiger partial charge in [-0.15, -0.1) is 0 Å². The van der Waals surface area contributed by atoms with Gasteiger partial charge in [-0.3, -0.25) is 14.6 Å². The molecule has 0 bridgehead atoms. The minimum absolute atomic E-state index is 0.0354. The first-order valence-corrected chi connectivity index (χ1v) is 10.5. The van der Waals surface area contributed by atoms with Gasteiger partial charge in [-0.05, 0) is 25.0 Å². The SMILES string of the molecule is N#CCSC1=Nc2ccccc2C2=NC(CC(=O)NC3CCCCC3)C(=O)N12. The van der Waals surface area contributed by atoms with Crippen molar-refractivity contribution in [3.8, 4) is 6.07 Å². The molecule has 0 aromatic heterocycles. The average Bonchev–Trinajstić information content (AvgIpc) is 3.03. The predicted molar refractivity (Wildman–Crippen MR) is 108 cm³/mol. The van der Waals surface area contributed by atoms with Crippen LogP contribution in [0.25, 0.3) is 0 Å². The zero-order chi connectivity index (χ0) is 19.5. The molecule has 3 aliphatic rings. The third-order valence-electron chi connectivity index (χ3n) is 5.16. The van der Waals surface area contributed by atoms with Crippen LogP contribution in [0.15, 0.2) is 34.3 Å². The number of para-hydroxylation sites is 1. The molecule has 1 saturated carbocycles. The Bertz CT molecular complexity index is 898. The Labute approximate surface area is 167 Å². The number of hydrogen-bond acceptors (Lipinski definition) is 6. The van der Waals surface area contributed by atoms with Crippen molar-refractivity contribution in [1.82, 2.24) is 10.2 Å². The summed E-state index contributed by atoms with van der Waals surface area (Å²) in [6, 6.07) is 8.99. The first kappa shape index (κ1) is 18.7. The second-order valence-corrected chi connectivity index (χ2v) is 8.05. The zero-order valence-corrected chi connectivity index (χ0v) is 16.2. The Morgan fingerprint density at radius 3 is 2.86 bits per heavy atom. The third-order valence-corrected chi connectivity index (χ3v) is 5.97. The highest BCUT2D eigenvalue weighted by Gasteiger charge is 2.42. The molecule has 1 aromatic rings. The number of nitriles is 1. The Morgan fingerprint density at radius 1 is 1.29 bits per heavy atom. The number of benzene rings is 1. The van der Waals surface area contributed by atoms with Gasteiger partial charge in [0.25, 0.3) is 5.91 Å². The predicted octanol–water partition coefficient (Wildman–Crippen LogP) is 2.74. The number of aliphatic imine (C=N–C) groups is 2. The molecule has 1 atom stereocenters. The van der Waals surface area contributed by atoms with Gasteiger partial charge in [-0.1, -0.05) is 43.2 Å². The molecule has 144 valence electrons. The molecule has 2 aliphatic heterocycles. The normalized spacial score (nSPS) is 21.3. The van der Waals surface area contributed by atoms with E-state index < -0.39 is 6.04 Å². The fraction of sp³-hybridized carbons (Fsp3) is 0.450. The van der Waals surface area contributed by atoms with Crippen LogP contribution in [-0.4, -0.2) is 45.6 Å². The Morgan fingerprint density at radius 2 is 2.07 bits per heavy atom. The lowest BCUT2D eigenvalue weighted by molar-refractivity contribution is -0.129. The van der Waals surface area contributed by atoms with Gasteiger partial charge >= 0.3 is 0 Å². The summed E-state index contributed by atoms with van der Waals surface area (Å²) < 4.78 is 0. The monoisotopic (exact) mass is 395 g/mol. The number of carbonyl (C=O) groups is 2. The smallest absolute Gasteiger partial charge is 0.259 e. The summed E-state index contributed by atoms with van der Waals surface area (Å²) in [7, 11) is 0. The first-order chi connectivity index (χ1) is 13.7. The van der Waals surface area contributed by atoms with Crippen molar-refractivity contribution < 1.29 is 9.59 Å². The maximum atomic E-state index is 13.0. The van der Waals surface area contributed by atoms with Gasteiger partial charge in [-0.2, -0.15) is 5.26 Å². The lowest BCUT2D eigenvalue weighted by atomic mass is 9.95. The van der Waals surface area contributed by atoms with Crippen molar-refractivity contribution in [3.05, 3.63) is 29.8 Å². The average molecular weight is 395 g/mol. The topological polar surface area (TPSA) is 97.9 Å². The van der Waals surface area contributed by atoms with Crippen molar-refractivity contribution in [2.75, 3.05) is 5.75 Å². The first-order valence-electron chi connectivity index (χ1n) is 9.56. The van der Waals surface area contributed by atoms with E-state index in [1.165, 1.54) is 23.1 Å². The number of carbonyl (C=O) groups excluding carboxylic acids is 2. The minimum Gasteiger partial charge on any atom is -0.353 e. The second kappa shape index (κ2) is 8.15. The van der Waals surface area contributed by atoms with Crippen LogP contribution in [0.2, 0.25) is 0 Å². The Balaban J connectivity index is 1.54. The van der Waals surface area contributed by atoms with Gasteiger partial charge in [0.2, 0.25) is 5.91 Å². The second-order valence-electron chi connectivity index (χ2n) is 7.11. The number of fused-ring (bicyclic) bond motifs is 3. The summed E-state index contributed by atoms with van der Waals surface area (Å²) in [6.07, 6.45) is 5.53. The number of nitrogens with zero attached hydrogens (tertiary/aromatic N) is 4. The standard InChI is InChI=1S/C20H21N5O2S/c21-10-11-28-20-24-15-9-5-4-8-14(15)18-23-16(19(27)25(18)20)12-17(26)22-13-6-2-1-3-7-13/h4-5,8-9,13,16H,1-3,6-7,11-12H2,(H,22,26). The van der Waals surface area contributed by atoms with Crippen LogP contribution in [0.5, 0.6) is 0 Å². The fourth-order valence-corrected chi connectivity index (χ4v) is 4.50. The van der Waals surface area contributed by atoms with Crippen LogP contribution >= 0.6 is 11.8 Å². The summed E-state index contributed by atoms with van der Waals surface area (Å²) in [5, 5.41) is 12.4. The van der Waals surface area contributed by atoms with Gasteiger partial charge < -0.3 is 5.32 Å². The molecule has 2 amide bonds. The van der Waals surface area contributed by atoms with E-state index >= 15 is 0 Å². The summed E-state index contributed by atoms with van der Waals surface area (Å²) in [4.78, 5) is 36.1. The van der Waals surface area contributed by atoms with Gasteiger partial charge in [-0.25, -0.2) is 9.89 Å². The molecule has 1 unspecified atom stereocenters. The Kier molecular flexibility index (Phi) is 5.44. The molecule has 7 nitrogen and oxygen atoms in total. The molecular formula is C20H21N5O2S. The van der Waals surface area contributed by atoms with Crippen molar-refractivity contribution in [3.63, 3.8) is 0 Å². The molecule has 2 heterocycles. The summed E-state index contributed by atoms with van der Waals surface area (Å²) >= 11 is 1.20. The van der Waals surface area contributed by atoms with E-state index in [2.05, 4.69) is 21.4 Å². The molecule has 8 heteroatoms. The lowest BCUT2D eigenvalue weighted by Crippen LogP contribution is -2.43. The highest BCUT2D eigenvalue weighted by Crippen LogP contribution is 2.34. The molecular weight excluding hydrogens is 374 g/mol. The van der Waals surface area contributed by atoms with Crippen molar-refractivity contribution in [2.45, 2.75) is 50.6 Å². The summed E-state index contributed by atoms with van der Waals surface area (Å²) in [5.41, 5.74) is 1.49. The van der Waals surface area contributed by atoms with Crippen LogP contribution in [0.3, 0.4) is 0 Å². The molecule has 1 fully saturated rings. The maximum Gasteiger partial charge on any atom is 0.259 e. The van der Waals surface area contributed by atoms with Crippen LogP contribution < -0.4 is 5.32 Å². The number of amides is 2. The van der Waals surface area contributed by atoms with E-state index in [1.807, 2.05) is 24.3 Å². The largest absolute Gasteiger partial charge is 0.353 e. The van der Waals surface area contributed by atoms with E-state index in [0.717, 1.165) is 36.9 Å². The number of hydrogen-bond donors (Lipinski definition) is 1. The molecule has 1 aliphatic carbocycles. The van der Waals surface area contributed by atoms with Crippen LogP contribution in [0.1, 0.15) is 44.1 Å². The number of nitrogens with one attached hydrogen (secondary N) is 1. The molecule has 4 rings (SSSR count). The minimum atomic E-state index is -0.752. The van der Waals surface area contributed by atoms with E-state index in [1.54, 1.807) is 0 Å². The number of amidine groups is 2. The number of rotatable bonds is 4. The Hall–Kier alpha value is -2.66. The molecule has 1 N–H and O–H groups in total. The van der Waals surface area contributed by atoms with Gasteiger partial charge in [0.15, 0.2) is 5.17 Å². The zero-order valence-electron chi connectivity index (χ0n) is 15.4. The highest BCUT2D eigenvalue weighted by atomic mass is 32.2. The summed E-state index contributed by atoms with van der Waals surface area (Å²) in [5.74, 6) is 0.315. The van der Waals surface area contributed by atoms with Crippen molar-refractivity contribution in [1.29, 1.82) is 5.26 Å². The van der Waals surface area contributed by atoms with E-state index in [9.17, 15) is 9.59 Å². The van der Waals surface area contributed by atoms with Crippen LogP contribution in [-0.2, 0) is 9.59 Å². The quantitative estimate of drug-likeness (QED) is 0.847. The van der Waals surface area contributed by atoms with E-state index in [-0.39, 0.29) is 30.0 Å².